The lowest BCUT2D eigenvalue weighted by atomic mass is 9.97. The third kappa shape index (κ3) is 4.12. The standard InChI is InChI=1S/C22H26O6/c1-23-19-18-17(14-26-21(28-18)16-11-7-4-8-12-16)27-22(24-2)20(19)25-13-15-9-5-3-6-10-15/h3-12,17-22H,13-14H2,1-2H3/t17?,18-,19-,20?,21?,22+/m0/s1. The third-order valence-corrected chi connectivity index (χ3v) is 5.15. The highest BCUT2D eigenvalue weighted by molar-refractivity contribution is 5.17. The van der Waals surface area contributed by atoms with Crippen molar-refractivity contribution in [2.75, 3.05) is 20.8 Å². The Labute approximate surface area is 165 Å². The van der Waals surface area contributed by atoms with Crippen LogP contribution in [0.1, 0.15) is 17.4 Å². The SMILES string of the molecule is CO[C@@H]1OC2COC(c3ccccc3)O[C@@H]2[C@H](OC)C1OCc1ccccc1. The second kappa shape index (κ2) is 9.13. The van der Waals surface area contributed by atoms with Crippen LogP contribution in [0.5, 0.6) is 0 Å². The summed E-state index contributed by atoms with van der Waals surface area (Å²) >= 11 is 0. The van der Waals surface area contributed by atoms with E-state index >= 15 is 0 Å². The Balaban J connectivity index is 1.50. The van der Waals surface area contributed by atoms with Crippen LogP contribution in [0.2, 0.25) is 0 Å². The maximum Gasteiger partial charge on any atom is 0.186 e. The van der Waals surface area contributed by atoms with Crippen LogP contribution in [-0.4, -0.2) is 51.5 Å². The summed E-state index contributed by atoms with van der Waals surface area (Å²) in [5, 5.41) is 0. The van der Waals surface area contributed by atoms with Crippen molar-refractivity contribution in [3.8, 4) is 0 Å². The van der Waals surface area contributed by atoms with Crippen molar-refractivity contribution in [2.45, 2.75) is 43.6 Å². The van der Waals surface area contributed by atoms with E-state index in [1.54, 1.807) is 14.2 Å². The molecule has 4 rings (SSSR count). The largest absolute Gasteiger partial charge is 0.376 e. The molecule has 2 fully saturated rings. The van der Waals surface area contributed by atoms with Crippen LogP contribution in [0.3, 0.4) is 0 Å². The summed E-state index contributed by atoms with van der Waals surface area (Å²) < 4.78 is 35.7. The van der Waals surface area contributed by atoms with Gasteiger partial charge in [0.15, 0.2) is 12.6 Å². The first kappa shape index (κ1) is 19.5. The Bertz CT molecular complexity index is 718. The van der Waals surface area contributed by atoms with Gasteiger partial charge in [-0.15, -0.1) is 0 Å². The molecule has 3 unspecified atom stereocenters. The molecule has 2 aromatic rings. The molecular formula is C22H26O6. The van der Waals surface area contributed by atoms with Crippen LogP contribution >= 0.6 is 0 Å². The Morgan fingerprint density at radius 2 is 1.57 bits per heavy atom. The second-order valence-corrected chi connectivity index (χ2v) is 6.92. The van der Waals surface area contributed by atoms with E-state index in [0.717, 1.165) is 11.1 Å². The zero-order valence-corrected chi connectivity index (χ0v) is 16.1. The highest BCUT2D eigenvalue weighted by Crippen LogP contribution is 2.36. The summed E-state index contributed by atoms with van der Waals surface area (Å²) in [5.41, 5.74) is 2.04. The Morgan fingerprint density at radius 3 is 2.25 bits per heavy atom. The molecule has 6 heteroatoms. The number of rotatable bonds is 6. The van der Waals surface area contributed by atoms with E-state index in [0.29, 0.717) is 13.2 Å². The highest BCUT2D eigenvalue weighted by Gasteiger charge is 2.51. The number of methoxy groups -OCH3 is 2. The number of ether oxygens (including phenoxy) is 6. The number of benzene rings is 2. The summed E-state index contributed by atoms with van der Waals surface area (Å²) in [4.78, 5) is 0. The van der Waals surface area contributed by atoms with E-state index in [1.165, 1.54) is 0 Å². The first-order chi connectivity index (χ1) is 13.8. The molecule has 0 aromatic heterocycles. The topological polar surface area (TPSA) is 55.4 Å². The molecule has 2 heterocycles. The van der Waals surface area contributed by atoms with Gasteiger partial charge in [0.05, 0.1) is 13.2 Å². The van der Waals surface area contributed by atoms with E-state index in [2.05, 4.69) is 0 Å². The lowest BCUT2D eigenvalue weighted by Gasteiger charge is -2.48. The van der Waals surface area contributed by atoms with Crippen molar-refractivity contribution < 1.29 is 28.4 Å². The van der Waals surface area contributed by atoms with Gasteiger partial charge in [-0.3, -0.25) is 0 Å². The van der Waals surface area contributed by atoms with Crippen LogP contribution < -0.4 is 0 Å². The predicted molar refractivity (Wildman–Crippen MR) is 101 cm³/mol. The van der Waals surface area contributed by atoms with Crippen LogP contribution in [0.25, 0.3) is 0 Å². The molecular weight excluding hydrogens is 360 g/mol. The maximum absolute atomic E-state index is 6.25. The van der Waals surface area contributed by atoms with Gasteiger partial charge in [0.2, 0.25) is 0 Å². The molecule has 0 saturated carbocycles. The molecule has 0 radical (unpaired) electrons. The van der Waals surface area contributed by atoms with Gasteiger partial charge in [0.1, 0.15) is 24.4 Å². The van der Waals surface area contributed by atoms with Crippen LogP contribution in [0, 0.1) is 0 Å². The fraction of sp³-hybridized carbons (Fsp3) is 0.455. The quantitative estimate of drug-likeness (QED) is 0.761. The second-order valence-electron chi connectivity index (χ2n) is 6.92. The predicted octanol–water partition coefficient (Wildman–Crippen LogP) is 3.07. The summed E-state index contributed by atoms with van der Waals surface area (Å²) in [6.45, 7) is 0.833. The third-order valence-electron chi connectivity index (χ3n) is 5.15. The molecule has 0 spiro atoms. The fourth-order valence-corrected chi connectivity index (χ4v) is 3.73. The summed E-state index contributed by atoms with van der Waals surface area (Å²) in [7, 11) is 3.27. The lowest BCUT2D eigenvalue weighted by molar-refractivity contribution is -0.366. The molecule has 2 aliphatic rings. The van der Waals surface area contributed by atoms with Crippen LogP contribution in [0.4, 0.5) is 0 Å². The van der Waals surface area contributed by atoms with Crippen LogP contribution in [0.15, 0.2) is 60.7 Å². The van der Waals surface area contributed by atoms with Crippen molar-refractivity contribution in [1.29, 1.82) is 0 Å². The van der Waals surface area contributed by atoms with E-state index in [4.69, 9.17) is 28.4 Å². The van der Waals surface area contributed by atoms with E-state index < -0.39 is 18.7 Å². The Kier molecular flexibility index (Phi) is 6.36. The molecule has 28 heavy (non-hydrogen) atoms. The Morgan fingerprint density at radius 1 is 0.857 bits per heavy atom. The van der Waals surface area contributed by atoms with Crippen molar-refractivity contribution >= 4 is 0 Å². The van der Waals surface area contributed by atoms with Crippen molar-refractivity contribution in [3.05, 3.63) is 71.8 Å². The molecule has 0 aliphatic carbocycles. The normalized spacial score (nSPS) is 32.6. The van der Waals surface area contributed by atoms with Crippen molar-refractivity contribution in [2.24, 2.45) is 0 Å². The molecule has 6 atom stereocenters. The van der Waals surface area contributed by atoms with Crippen molar-refractivity contribution in [3.63, 3.8) is 0 Å². The monoisotopic (exact) mass is 386 g/mol. The molecule has 6 nitrogen and oxygen atoms in total. The lowest BCUT2D eigenvalue weighted by Crippen LogP contribution is -2.63. The molecule has 2 aliphatic heterocycles. The highest BCUT2D eigenvalue weighted by atomic mass is 16.8. The smallest absolute Gasteiger partial charge is 0.186 e. The van der Waals surface area contributed by atoms with E-state index in [1.807, 2.05) is 60.7 Å². The average Bonchev–Trinajstić information content (AvgIpc) is 2.77. The minimum Gasteiger partial charge on any atom is -0.376 e. The number of hydrogen-bond donors (Lipinski definition) is 0. The molecule has 0 bridgehead atoms. The molecule has 2 saturated heterocycles. The number of fused-ring (bicyclic) bond motifs is 1. The average molecular weight is 386 g/mol. The fourth-order valence-electron chi connectivity index (χ4n) is 3.73. The van der Waals surface area contributed by atoms with E-state index in [-0.39, 0.29) is 18.3 Å². The molecule has 0 N–H and O–H groups in total. The van der Waals surface area contributed by atoms with Gasteiger partial charge in [-0.1, -0.05) is 60.7 Å². The van der Waals surface area contributed by atoms with Gasteiger partial charge in [-0.25, -0.2) is 0 Å². The maximum atomic E-state index is 6.25. The minimum absolute atomic E-state index is 0.286. The minimum atomic E-state index is -0.560. The summed E-state index contributed by atoms with van der Waals surface area (Å²) in [6.07, 6.45) is -2.40. The van der Waals surface area contributed by atoms with Crippen LogP contribution in [-0.2, 0) is 35.0 Å². The van der Waals surface area contributed by atoms with E-state index in [9.17, 15) is 0 Å². The van der Waals surface area contributed by atoms with Gasteiger partial charge in [-0.05, 0) is 5.56 Å². The summed E-state index contributed by atoms with van der Waals surface area (Å²) in [6, 6.07) is 19.9. The van der Waals surface area contributed by atoms with Gasteiger partial charge in [-0.2, -0.15) is 0 Å². The van der Waals surface area contributed by atoms with Gasteiger partial charge in [0.25, 0.3) is 0 Å². The molecule has 150 valence electrons. The number of hydrogen-bond acceptors (Lipinski definition) is 6. The van der Waals surface area contributed by atoms with Gasteiger partial charge >= 0.3 is 0 Å². The Hall–Kier alpha value is -1.80. The zero-order chi connectivity index (χ0) is 19.3. The summed E-state index contributed by atoms with van der Waals surface area (Å²) in [5.74, 6) is 0. The molecule has 0 amide bonds. The zero-order valence-electron chi connectivity index (χ0n) is 16.1. The van der Waals surface area contributed by atoms with Crippen molar-refractivity contribution in [1.82, 2.24) is 0 Å². The molecule has 2 aromatic carbocycles. The van der Waals surface area contributed by atoms with Gasteiger partial charge < -0.3 is 28.4 Å². The van der Waals surface area contributed by atoms with Gasteiger partial charge in [0, 0.05) is 19.8 Å². The first-order valence-corrected chi connectivity index (χ1v) is 9.48. The first-order valence-electron chi connectivity index (χ1n) is 9.48.